The topological polar surface area (TPSA) is 76.0 Å². The first-order valence-corrected chi connectivity index (χ1v) is 4.81. The van der Waals surface area contributed by atoms with Crippen LogP contribution in [0.25, 0.3) is 10.3 Å². The summed E-state index contributed by atoms with van der Waals surface area (Å²) < 4.78 is 0.509. The maximum absolute atomic E-state index is 10.6. The highest BCUT2D eigenvalue weighted by Gasteiger charge is 2.14. The molecule has 72 valence electrons. The lowest BCUT2D eigenvalue weighted by atomic mass is 10.5. The van der Waals surface area contributed by atoms with E-state index in [1.54, 1.807) is 6.92 Å². The van der Waals surface area contributed by atoms with Crippen molar-refractivity contribution in [1.82, 2.24) is 15.0 Å². The SMILES string of the molecule is Cc1nc(Cl)c2sc(C(=O)O)nc2n1. The summed E-state index contributed by atoms with van der Waals surface area (Å²) in [5, 5.41) is 8.92. The molecule has 2 rings (SSSR count). The zero-order valence-electron chi connectivity index (χ0n) is 6.98. The Morgan fingerprint density at radius 2 is 2.14 bits per heavy atom. The number of aromatic nitrogens is 3. The van der Waals surface area contributed by atoms with Crippen LogP contribution in [0, 0.1) is 6.92 Å². The number of fused-ring (bicyclic) bond motifs is 1. The lowest BCUT2D eigenvalue weighted by molar-refractivity contribution is 0.0696. The fourth-order valence-electron chi connectivity index (χ4n) is 0.985. The van der Waals surface area contributed by atoms with Crippen LogP contribution in [0.1, 0.15) is 15.6 Å². The van der Waals surface area contributed by atoms with E-state index < -0.39 is 5.97 Å². The van der Waals surface area contributed by atoms with Crippen LogP contribution in [-0.4, -0.2) is 26.0 Å². The fraction of sp³-hybridized carbons (Fsp3) is 0.143. The third-order valence-electron chi connectivity index (χ3n) is 1.51. The molecule has 0 amide bonds. The van der Waals surface area contributed by atoms with Crippen molar-refractivity contribution in [2.45, 2.75) is 6.92 Å². The Morgan fingerprint density at radius 1 is 1.43 bits per heavy atom. The number of thiazole rings is 1. The Bertz CT molecular complexity index is 525. The molecule has 0 bridgehead atoms. The summed E-state index contributed by atoms with van der Waals surface area (Å²) in [6.07, 6.45) is 0. The predicted octanol–water partition coefficient (Wildman–Crippen LogP) is 1.75. The van der Waals surface area contributed by atoms with Gasteiger partial charge in [-0.3, -0.25) is 0 Å². The van der Waals surface area contributed by atoms with E-state index in [4.69, 9.17) is 16.7 Å². The molecule has 2 aromatic heterocycles. The van der Waals surface area contributed by atoms with E-state index in [9.17, 15) is 4.79 Å². The number of carbonyl (C=O) groups is 1. The van der Waals surface area contributed by atoms with Crippen molar-refractivity contribution in [3.63, 3.8) is 0 Å². The lowest BCUT2D eigenvalue weighted by Crippen LogP contribution is -1.94. The third-order valence-corrected chi connectivity index (χ3v) is 2.93. The van der Waals surface area contributed by atoms with Crippen LogP contribution in [0.2, 0.25) is 5.15 Å². The van der Waals surface area contributed by atoms with E-state index in [2.05, 4.69) is 15.0 Å². The van der Waals surface area contributed by atoms with E-state index in [1.165, 1.54) is 0 Å². The van der Waals surface area contributed by atoms with Gasteiger partial charge in [0.1, 0.15) is 10.5 Å². The molecule has 0 atom stereocenters. The molecular weight excluding hydrogens is 226 g/mol. The number of aromatic carboxylic acids is 1. The summed E-state index contributed by atoms with van der Waals surface area (Å²) in [6, 6.07) is 0. The van der Waals surface area contributed by atoms with Crippen molar-refractivity contribution >= 4 is 39.3 Å². The van der Waals surface area contributed by atoms with Crippen molar-refractivity contribution in [2.75, 3.05) is 0 Å². The first kappa shape index (κ1) is 9.29. The van der Waals surface area contributed by atoms with Crippen LogP contribution in [-0.2, 0) is 0 Å². The number of carboxylic acids is 1. The van der Waals surface area contributed by atoms with E-state index in [-0.39, 0.29) is 10.2 Å². The van der Waals surface area contributed by atoms with Crippen LogP contribution in [0.5, 0.6) is 0 Å². The molecule has 1 N–H and O–H groups in total. The number of aryl methyl sites for hydroxylation is 1. The Hall–Kier alpha value is -1.27. The van der Waals surface area contributed by atoms with Crippen molar-refractivity contribution in [1.29, 1.82) is 0 Å². The highest BCUT2D eigenvalue weighted by Crippen LogP contribution is 2.26. The number of carboxylic acid groups (broad SMARTS) is 1. The van der Waals surface area contributed by atoms with Gasteiger partial charge in [-0.25, -0.2) is 19.7 Å². The van der Waals surface area contributed by atoms with Gasteiger partial charge in [-0.1, -0.05) is 11.6 Å². The van der Waals surface area contributed by atoms with E-state index in [0.29, 0.717) is 16.2 Å². The molecule has 0 aliphatic carbocycles. The quantitative estimate of drug-likeness (QED) is 0.754. The van der Waals surface area contributed by atoms with E-state index in [0.717, 1.165) is 11.3 Å². The minimum Gasteiger partial charge on any atom is -0.476 e. The molecule has 5 nitrogen and oxygen atoms in total. The zero-order chi connectivity index (χ0) is 10.3. The maximum atomic E-state index is 10.6. The molecule has 2 aromatic rings. The first-order chi connectivity index (χ1) is 6.58. The molecule has 0 spiro atoms. The lowest BCUT2D eigenvalue weighted by Gasteiger charge is -1.92. The standard InChI is InChI=1S/C7H4ClN3O2S/c1-2-9-4(8)3-5(10-2)11-6(14-3)7(12)13/h1H3,(H,12,13). The normalized spacial score (nSPS) is 10.7. The van der Waals surface area contributed by atoms with Crippen LogP contribution in [0.15, 0.2) is 0 Å². The van der Waals surface area contributed by atoms with Crippen molar-refractivity contribution in [3.05, 3.63) is 16.0 Å². The van der Waals surface area contributed by atoms with Crippen molar-refractivity contribution in [2.24, 2.45) is 0 Å². The average molecular weight is 230 g/mol. The summed E-state index contributed by atoms with van der Waals surface area (Å²) in [4.78, 5) is 22.3. The van der Waals surface area contributed by atoms with Gasteiger partial charge in [-0.15, -0.1) is 11.3 Å². The van der Waals surface area contributed by atoms with Gasteiger partial charge in [0.2, 0.25) is 5.01 Å². The monoisotopic (exact) mass is 229 g/mol. The highest BCUT2D eigenvalue weighted by molar-refractivity contribution is 7.20. The summed E-state index contributed by atoms with van der Waals surface area (Å²) in [7, 11) is 0. The summed E-state index contributed by atoms with van der Waals surface area (Å²) in [5.74, 6) is -0.605. The van der Waals surface area contributed by atoms with Gasteiger partial charge in [-0.05, 0) is 6.92 Å². The second kappa shape index (κ2) is 3.14. The molecule has 0 saturated carbocycles. The average Bonchev–Trinajstić information content (AvgIpc) is 2.47. The smallest absolute Gasteiger partial charge is 0.365 e. The van der Waals surface area contributed by atoms with Crippen LogP contribution in [0.4, 0.5) is 0 Å². The molecule has 0 unspecified atom stereocenters. The number of hydrogen-bond acceptors (Lipinski definition) is 5. The Morgan fingerprint density at radius 3 is 2.79 bits per heavy atom. The predicted molar refractivity (Wildman–Crippen MR) is 51.9 cm³/mol. The molecule has 7 heteroatoms. The number of halogens is 1. The molecule has 0 fully saturated rings. The molecule has 0 radical (unpaired) electrons. The highest BCUT2D eigenvalue weighted by atomic mass is 35.5. The molecule has 0 aliphatic rings. The molecule has 0 aliphatic heterocycles. The van der Waals surface area contributed by atoms with Crippen LogP contribution < -0.4 is 0 Å². The minimum absolute atomic E-state index is 0.0261. The maximum Gasteiger partial charge on any atom is 0.365 e. The molecule has 2 heterocycles. The van der Waals surface area contributed by atoms with Gasteiger partial charge in [0.15, 0.2) is 10.8 Å². The second-order valence-corrected chi connectivity index (χ2v) is 3.90. The molecule has 0 saturated heterocycles. The van der Waals surface area contributed by atoms with Gasteiger partial charge in [-0.2, -0.15) is 0 Å². The van der Waals surface area contributed by atoms with Gasteiger partial charge >= 0.3 is 5.97 Å². The van der Waals surface area contributed by atoms with Gasteiger partial charge in [0.05, 0.1) is 0 Å². The fourth-order valence-corrected chi connectivity index (χ4v) is 2.03. The third kappa shape index (κ3) is 1.42. The number of hydrogen-bond donors (Lipinski definition) is 1. The van der Waals surface area contributed by atoms with Gasteiger partial charge in [0, 0.05) is 0 Å². The van der Waals surface area contributed by atoms with Crippen LogP contribution >= 0.6 is 22.9 Å². The number of rotatable bonds is 1. The second-order valence-electron chi connectivity index (χ2n) is 2.54. The van der Waals surface area contributed by atoms with Gasteiger partial charge < -0.3 is 5.11 Å². The Kier molecular flexibility index (Phi) is 2.09. The molecule has 0 aromatic carbocycles. The van der Waals surface area contributed by atoms with Crippen LogP contribution in [0.3, 0.4) is 0 Å². The Labute approximate surface area is 87.4 Å². The van der Waals surface area contributed by atoms with Crippen molar-refractivity contribution < 1.29 is 9.90 Å². The summed E-state index contributed by atoms with van der Waals surface area (Å²) >= 11 is 6.78. The summed E-state index contributed by atoms with van der Waals surface area (Å²) in [5.41, 5.74) is 0.338. The number of nitrogens with zero attached hydrogens (tertiary/aromatic N) is 3. The first-order valence-electron chi connectivity index (χ1n) is 3.62. The molecule has 14 heavy (non-hydrogen) atoms. The van der Waals surface area contributed by atoms with Gasteiger partial charge in [0.25, 0.3) is 0 Å². The molecular formula is C7H4ClN3O2S. The largest absolute Gasteiger partial charge is 0.476 e. The van der Waals surface area contributed by atoms with E-state index >= 15 is 0 Å². The van der Waals surface area contributed by atoms with Crippen molar-refractivity contribution in [3.8, 4) is 0 Å². The zero-order valence-corrected chi connectivity index (χ0v) is 8.56. The van der Waals surface area contributed by atoms with E-state index in [1.807, 2.05) is 0 Å². The minimum atomic E-state index is -1.08. The summed E-state index contributed by atoms with van der Waals surface area (Å²) in [6.45, 7) is 1.67. The Balaban J connectivity index is 2.76.